The highest BCUT2D eigenvalue weighted by atomic mass is 19.1. The monoisotopic (exact) mass is 246 g/mol. The fraction of sp³-hybridized carbons (Fsp3) is 0.143. The first-order valence-electron chi connectivity index (χ1n) is 5.61. The number of hydrogen-bond donors (Lipinski definition) is 2. The lowest BCUT2D eigenvalue weighted by molar-refractivity contribution is 0.403. The molecule has 4 heteroatoms. The molecule has 0 radical (unpaired) electrons. The first-order valence-corrected chi connectivity index (χ1v) is 5.61. The minimum Gasteiger partial charge on any atom is -0.496 e. The van der Waals surface area contributed by atoms with Crippen molar-refractivity contribution < 1.29 is 9.13 Å². The van der Waals surface area contributed by atoms with Crippen LogP contribution >= 0.6 is 0 Å². The van der Waals surface area contributed by atoms with Crippen LogP contribution in [-0.2, 0) is 0 Å². The molecule has 0 aliphatic rings. The first-order chi connectivity index (χ1) is 8.77. The van der Waals surface area contributed by atoms with Crippen molar-refractivity contribution in [2.45, 2.75) is 6.04 Å². The Morgan fingerprint density at radius 2 is 1.67 bits per heavy atom. The van der Waals surface area contributed by atoms with Crippen molar-refractivity contribution in [3.63, 3.8) is 0 Å². The van der Waals surface area contributed by atoms with Gasteiger partial charge in [-0.25, -0.2) is 9.82 Å². The van der Waals surface area contributed by atoms with Crippen LogP contribution in [0.5, 0.6) is 5.75 Å². The molecule has 0 fully saturated rings. The maximum atomic E-state index is 13.8. The van der Waals surface area contributed by atoms with E-state index >= 15 is 0 Å². The maximum absolute atomic E-state index is 13.8. The summed E-state index contributed by atoms with van der Waals surface area (Å²) in [4.78, 5) is 0. The van der Waals surface area contributed by atoms with E-state index in [1.807, 2.05) is 24.3 Å². The second-order valence-corrected chi connectivity index (χ2v) is 3.86. The number of nitrogens with two attached hydrogens (primary N) is 1. The van der Waals surface area contributed by atoms with Gasteiger partial charge < -0.3 is 4.74 Å². The van der Waals surface area contributed by atoms with Crippen LogP contribution in [0.4, 0.5) is 4.39 Å². The van der Waals surface area contributed by atoms with E-state index in [0.717, 1.165) is 5.56 Å². The van der Waals surface area contributed by atoms with E-state index < -0.39 is 6.04 Å². The summed E-state index contributed by atoms with van der Waals surface area (Å²) in [6, 6.07) is 13.5. The number of halogens is 1. The van der Waals surface area contributed by atoms with Crippen molar-refractivity contribution in [3.05, 3.63) is 65.5 Å². The Kier molecular flexibility index (Phi) is 3.92. The fourth-order valence-electron chi connectivity index (χ4n) is 1.96. The van der Waals surface area contributed by atoms with Gasteiger partial charge in [-0.1, -0.05) is 36.4 Å². The summed E-state index contributed by atoms with van der Waals surface area (Å²) in [5, 5.41) is 0. The second kappa shape index (κ2) is 5.62. The van der Waals surface area contributed by atoms with Gasteiger partial charge in [0.2, 0.25) is 0 Å². The molecule has 3 nitrogen and oxygen atoms in total. The van der Waals surface area contributed by atoms with E-state index in [4.69, 9.17) is 10.6 Å². The summed E-state index contributed by atoms with van der Waals surface area (Å²) in [5.41, 5.74) is 3.92. The van der Waals surface area contributed by atoms with Crippen molar-refractivity contribution in [2.24, 2.45) is 5.84 Å². The highest BCUT2D eigenvalue weighted by Crippen LogP contribution is 2.30. The molecule has 3 N–H and O–H groups in total. The molecule has 0 spiro atoms. The molecule has 0 aliphatic heterocycles. The highest BCUT2D eigenvalue weighted by molar-refractivity contribution is 5.41. The number of rotatable bonds is 4. The van der Waals surface area contributed by atoms with Gasteiger partial charge in [-0.3, -0.25) is 5.84 Å². The van der Waals surface area contributed by atoms with Gasteiger partial charge in [0.05, 0.1) is 13.2 Å². The standard InChI is InChI=1S/C14H15FN2O/c1-18-13-9-5-3-7-11(13)14(17-16)10-6-2-4-8-12(10)15/h2-9,14,17H,16H2,1H3. The highest BCUT2D eigenvalue weighted by Gasteiger charge is 2.19. The number of ether oxygens (including phenoxy) is 1. The van der Waals surface area contributed by atoms with Crippen molar-refractivity contribution in [2.75, 3.05) is 7.11 Å². The summed E-state index contributed by atoms with van der Waals surface area (Å²) in [5.74, 6) is 5.93. The van der Waals surface area contributed by atoms with Gasteiger partial charge in [-0.2, -0.15) is 0 Å². The van der Waals surface area contributed by atoms with Crippen LogP contribution in [0.1, 0.15) is 17.2 Å². The van der Waals surface area contributed by atoms with E-state index in [2.05, 4.69) is 5.43 Å². The number of benzene rings is 2. The zero-order valence-electron chi connectivity index (χ0n) is 10.1. The van der Waals surface area contributed by atoms with Crippen molar-refractivity contribution in [1.29, 1.82) is 0 Å². The quantitative estimate of drug-likeness (QED) is 0.643. The smallest absolute Gasteiger partial charge is 0.128 e. The molecule has 0 aromatic heterocycles. The Morgan fingerprint density at radius 3 is 2.28 bits per heavy atom. The summed E-state index contributed by atoms with van der Waals surface area (Å²) in [6.45, 7) is 0. The van der Waals surface area contributed by atoms with Gasteiger partial charge in [0, 0.05) is 11.1 Å². The summed E-state index contributed by atoms with van der Waals surface area (Å²) < 4.78 is 19.1. The van der Waals surface area contributed by atoms with Crippen LogP contribution in [-0.4, -0.2) is 7.11 Å². The molecule has 2 aromatic carbocycles. The van der Waals surface area contributed by atoms with Crippen LogP contribution in [0.15, 0.2) is 48.5 Å². The third-order valence-corrected chi connectivity index (χ3v) is 2.83. The number of hydrogen-bond acceptors (Lipinski definition) is 3. The van der Waals surface area contributed by atoms with Gasteiger partial charge in [0.15, 0.2) is 0 Å². The molecule has 0 bridgehead atoms. The van der Waals surface area contributed by atoms with Gasteiger partial charge >= 0.3 is 0 Å². The van der Waals surface area contributed by atoms with E-state index in [1.165, 1.54) is 6.07 Å². The maximum Gasteiger partial charge on any atom is 0.128 e. The molecule has 0 amide bonds. The summed E-state index contributed by atoms with van der Waals surface area (Å²) in [7, 11) is 1.58. The molecule has 1 unspecified atom stereocenters. The lowest BCUT2D eigenvalue weighted by Crippen LogP contribution is -2.29. The predicted octanol–water partition coefficient (Wildman–Crippen LogP) is 2.39. The zero-order chi connectivity index (χ0) is 13.0. The van der Waals surface area contributed by atoms with E-state index in [0.29, 0.717) is 11.3 Å². The molecule has 18 heavy (non-hydrogen) atoms. The van der Waals surface area contributed by atoms with Gasteiger partial charge in [0.1, 0.15) is 11.6 Å². The molecular formula is C14H15FN2O. The third-order valence-electron chi connectivity index (χ3n) is 2.83. The van der Waals surface area contributed by atoms with Crippen LogP contribution in [0, 0.1) is 5.82 Å². The number of nitrogens with one attached hydrogen (secondary N) is 1. The molecule has 0 saturated carbocycles. The summed E-state index contributed by atoms with van der Waals surface area (Å²) in [6.07, 6.45) is 0. The van der Waals surface area contributed by atoms with E-state index in [-0.39, 0.29) is 5.82 Å². The third kappa shape index (κ3) is 2.34. The van der Waals surface area contributed by atoms with Crippen molar-refractivity contribution >= 4 is 0 Å². The minimum atomic E-state index is -0.442. The van der Waals surface area contributed by atoms with E-state index in [9.17, 15) is 4.39 Å². The lowest BCUT2D eigenvalue weighted by atomic mass is 9.98. The first kappa shape index (κ1) is 12.5. The summed E-state index contributed by atoms with van der Waals surface area (Å²) >= 11 is 0. The molecule has 1 atom stereocenters. The molecule has 0 heterocycles. The molecular weight excluding hydrogens is 231 g/mol. The van der Waals surface area contributed by atoms with Crippen LogP contribution in [0.25, 0.3) is 0 Å². The van der Waals surface area contributed by atoms with Crippen LogP contribution in [0.3, 0.4) is 0 Å². The zero-order valence-corrected chi connectivity index (χ0v) is 10.1. The second-order valence-electron chi connectivity index (χ2n) is 3.86. The van der Waals surface area contributed by atoms with Gasteiger partial charge in [-0.05, 0) is 12.1 Å². The largest absolute Gasteiger partial charge is 0.496 e. The number of para-hydroxylation sites is 1. The van der Waals surface area contributed by atoms with Crippen molar-refractivity contribution in [3.8, 4) is 5.75 Å². The van der Waals surface area contributed by atoms with Crippen molar-refractivity contribution in [1.82, 2.24) is 5.43 Å². The van der Waals surface area contributed by atoms with Crippen LogP contribution < -0.4 is 16.0 Å². The minimum absolute atomic E-state index is 0.300. The average molecular weight is 246 g/mol. The molecule has 2 aromatic rings. The van der Waals surface area contributed by atoms with Gasteiger partial charge in [-0.15, -0.1) is 0 Å². The Morgan fingerprint density at radius 1 is 1.06 bits per heavy atom. The topological polar surface area (TPSA) is 47.3 Å². The number of methoxy groups -OCH3 is 1. The Balaban J connectivity index is 2.49. The van der Waals surface area contributed by atoms with Gasteiger partial charge in [0.25, 0.3) is 0 Å². The van der Waals surface area contributed by atoms with Crippen LogP contribution in [0.2, 0.25) is 0 Å². The Hall–Kier alpha value is -1.91. The number of hydrazine groups is 1. The molecule has 2 rings (SSSR count). The molecule has 94 valence electrons. The molecule has 0 saturated heterocycles. The SMILES string of the molecule is COc1ccccc1C(NN)c1ccccc1F. The molecule has 0 aliphatic carbocycles. The Labute approximate surface area is 105 Å². The average Bonchev–Trinajstić information content (AvgIpc) is 2.42. The Bertz CT molecular complexity index is 531. The van der Waals surface area contributed by atoms with E-state index in [1.54, 1.807) is 25.3 Å². The fourth-order valence-corrected chi connectivity index (χ4v) is 1.96. The lowest BCUT2D eigenvalue weighted by Gasteiger charge is -2.19. The predicted molar refractivity (Wildman–Crippen MR) is 68.6 cm³/mol. The normalized spacial score (nSPS) is 12.2.